The molecule has 0 spiro atoms. The first-order valence-corrected chi connectivity index (χ1v) is 11.4. The highest BCUT2D eigenvalue weighted by molar-refractivity contribution is 7.98. The largest absolute Gasteiger partial charge is 0.305 e. The third-order valence-corrected chi connectivity index (χ3v) is 7.54. The third-order valence-electron chi connectivity index (χ3n) is 4.82. The van der Waals surface area contributed by atoms with Crippen molar-refractivity contribution in [2.75, 3.05) is 16.8 Å². The fourth-order valence-electron chi connectivity index (χ4n) is 3.47. The molecule has 1 aromatic heterocycles. The molecule has 3 aliphatic rings. The number of anilines is 1. The second kappa shape index (κ2) is 6.38. The van der Waals surface area contributed by atoms with Crippen LogP contribution in [0.3, 0.4) is 0 Å². The number of sulfone groups is 1. The number of hydrogen-bond donors (Lipinski definition) is 1. The topological polar surface area (TPSA) is 114 Å². The van der Waals surface area contributed by atoms with Gasteiger partial charge in [-0.15, -0.1) is 0 Å². The molecule has 1 fully saturated rings. The van der Waals surface area contributed by atoms with Crippen LogP contribution in [-0.2, 0) is 38.0 Å². The average molecular weight is 397 g/mol. The number of aryl methyl sites for hydroxylation is 1. The smallest absolute Gasteiger partial charge is 0.273 e. The maximum Gasteiger partial charge on any atom is 0.273 e. The van der Waals surface area contributed by atoms with E-state index in [1.807, 2.05) is 0 Å². The number of rotatable bonds is 3. The van der Waals surface area contributed by atoms with Crippen molar-refractivity contribution in [3.05, 3.63) is 11.3 Å². The molecule has 0 unspecified atom stereocenters. The van der Waals surface area contributed by atoms with E-state index < -0.39 is 15.9 Å². The van der Waals surface area contributed by atoms with E-state index in [-0.39, 0.29) is 41.9 Å². The van der Waals surface area contributed by atoms with Crippen molar-refractivity contribution in [2.24, 2.45) is 12.1 Å². The SMILES string of the molecule is Cn1nc2c(c1NC(=O)C1=NN([C@H]3CCS(=O)(=O)C3)C(=O)CC1)CSC2. The van der Waals surface area contributed by atoms with Gasteiger partial charge in [0, 0.05) is 37.0 Å². The van der Waals surface area contributed by atoms with Gasteiger partial charge in [-0.1, -0.05) is 0 Å². The zero-order chi connectivity index (χ0) is 18.5. The number of fused-ring (bicyclic) bond motifs is 1. The molecular weight excluding hydrogens is 378 g/mol. The highest BCUT2D eigenvalue weighted by atomic mass is 32.2. The summed E-state index contributed by atoms with van der Waals surface area (Å²) in [5, 5.41) is 12.7. The zero-order valence-electron chi connectivity index (χ0n) is 14.3. The molecule has 26 heavy (non-hydrogen) atoms. The van der Waals surface area contributed by atoms with Crippen LogP contribution < -0.4 is 5.32 Å². The molecular formula is C15H19N5O4S2. The summed E-state index contributed by atoms with van der Waals surface area (Å²) >= 11 is 1.75. The lowest BCUT2D eigenvalue weighted by Crippen LogP contribution is -2.42. The van der Waals surface area contributed by atoms with Gasteiger partial charge in [-0.3, -0.25) is 14.3 Å². The first-order chi connectivity index (χ1) is 12.3. The lowest BCUT2D eigenvalue weighted by atomic mass is 10.1. The minimum Gasteiger partial charge on any atom is -0.305 e. The number of nitrogens with zero attached hydrogens (tertiary/aromatic N) is 4. The van der Waals surface area contributed by atoms with E-state index in [0.29, 0.717) is 12.2 Å². The lowest BCUT2D eigenvalue weighted by Gasteiger charge is -2.27. The molecule has 1 N–H and O–H groups in total. The highest BCUT2D eigenvalue weighted by Gasteiger charge is 2.37. The molecule has 3 aliphatic heterocycles. The van der Waals surface area contributed by atoms with E-state index in [1.54, 1.807) is 23.5 Å². The first kappa shape index (κ1) is 17.5. The fraction of sp³-hybridized carbons (Fsp3) is 0.600. The molecule has 2 amide bonds. The predicted octanol–water partition coefficient (Wildman–Crippen LogP) is 0.271. The molecule has 9 nitrogen and oxygen atoms in total. The summed E-state index contributed by atoms with van der Waals surface area (Å²) in [5.41, 5.74) is 2.25. The van der Waals surface area contributed by atoms with E-state index >= 15 is 0 Å². The van der Waals surface area contributed by atoms with Gasteiger partial charge in [-0.2, -0.15) is 22.0 Å². The Kier molecular flexibility index (Phi) is 4.30. The van der Waals surface area contributed by atoms with E-state index in [1.165, 1.54) is 5.01 Å². The van der Waals surface area contributed by atoms with Crippen molar-refractivity contribution in [3.63, 3.8) is 0 Å². The van der Waals surface area contributed by atoms with Crippen LogP contribution in [0, 0.1) is 0 Å². The molecule has 4 heterocycles. The average Bonchev–Trinajstić information content (AvgIpc) is 3.25. The number of hydrazone groups is 1. The summed E-state index contributed by atoms with van der Waals surface area (Å²) in [6, 6.07) is -0.479. The molecule has 1 saturated heterocycles. The maximum absolute atomic E-state index is 12.7. The molecule has 1 atom stereocenters. The Hall–Kier alpha value is -1.88. The Morgan fingerprint density at radius 2 is 2.12 bits per heavy atom. The minimum atomic E-state index is -3.14. The second-order valence-corrected chi connectivity index (χ2v) is 9.90. The van der Waals surface area contributed by atoms with Gasteiger partial charge in [0.2, 0.25) is 5.91 Å². The number of hydrogen-bond acceptors (Lipinski definition) is 7. The highest BCUT2D eigenvalue weighted by Crippen LogP contribution is 2.34. The summed E-state index contributed by atoms with van der Waals surface area (Å²) < 4.78 is 25.0. The minimum absolute atomic E-state index is 0.0529. The molecule has 140 valence electrons. The molecule has 0 aromatic carbocycles. The summed E-state index contributed by atoms with van der Waals surface area (Å²) in [5.74, 6) is 1.65. The van der Waals surface area contributed by atoms with Crippen molar-refractivity contribution in [1.82, 2.24) is 14.8 Å². The standard InChI is InChI=1S/C15H19N5O4S2/c1-19-14(10-6-25-7-12(10)17-19)16-15(22)11-2-3-13(21)20(18-11)9-4-5-26(23,24)8-9/h9H,2-8H2,1H3,(H,16,22)/t9-/m0/s1. The number of thioether (sulfide) groups is 1. The van der Waals surface area contributed by atoms with Crippen LogP contribution in [0.1, 0.15) is 30.5 Å². The zero-order valence-corrected chi connectivity index (χ0v) is 15.9. The lowest BCUT2D eigenvalue weighted by molar-refractivity contribution is -0.133. The van der Waals surface area contributed by atoms with Crippen molar-refractivity contribution in [3.8, 4) is 0 Å². The van der Waals surface area contributed by atoms with Crippen LogP contribution >= 0.6 is 11.8 Å². The fourth-order valence-corrected chi connectivity index (χ4v) is 6.19. The number of nitrogens with one attached hydrogen (secondary N) is 1. The van der Waals surface area contributed by atoms with Crippen LogP contribution in [0.15, 0.2) is 5.10 Å². The molecule has 1 aromatic rings. The van der Waals surface area contributed by atoms with Gasteiger partial charge in [0.15, 0.2) is 9.84 Å². The van der Waals surface area contributed by atoms with Crippen molar-refractivity contribution in [2.45, 2.75) is 36.8 Å². The van der Waals surface area contributed by atoms with Crippen LogP contribution in [0.2, 0.25) is 0 Å². The van der Waals surface area contributed by atoms with E-state index in [9.17, 15) is 18.0 Å². The molecule has 4 rings (SSSR count). The first-order valence-electron chi connectivity index (χ1n) is 8.38. The number of carbonyl (C=O) groups excluding carboxylic acids is 2. The summed E-state index contributed by atoms with van der Waals surface area (Å²) in [6.45, 7) is 0. The number of amides is 2. The number of aromatic nitrogens is 2. The third kappa shape index (κ3) is 3.13. The molecule has 0 saturated carbocycles. The predicted molar refractivity (Wildman–Crippen MR) is 97.4 cm³/mol. The summed E-state index contributed by atoms with van der Waals surface area (Å²) in [4.78, 5) is 24.8. The van der Waals surface area contributed by atoms with Crippen molar-refractivity contribution in [1.29, 1.82) is 0 Å². The maximum atomic E-state index is 12.7. The molecule has 0 bridgehead atoms. The normalized spacial score (nSPS) is 24.5. The van der Waals surface area contributed by atoms with Crippen molar-refractivity contribution < 1.29 is 18.0 Å². The Morgan fingerprint density at radius 3 is 2.85 bits per heavy atom. The van der Waals surface area contributed by atoms with Crippen LogP contribution in [-0.4, -0.2) is 58.3 Å². The van der Waals surface area contributed by atoms with Crippen molar-refractivity contribution >= 4 is 44.9 Å². The quantitative estimate of drug-likeness (QED) is 0.783. The van der Waals surface area contributed by atoms with Gasteiger partial charge in [0.05, 0.1) is 23.2 Å². The number of carbonyl (C=O) groups is 2. The van der Waals surface area contributed by atoms with Crippen LogP contribution in [0.5, 0.6) is 0 Å². The van der Waals surface area contributed by atoms with E-state index in [2.05, 4.69) is 15.5 Å². The van der Waals surface area contributed by atoms with Gasteiger partial charge in [0.25, 0.3) is 5.91 Å². The van der Waals surface area contributed by atoms with Gasteiger partial charge >= 0.3 is 0 Å². The van der Waals surface area contributed by atoms with Gasteiger partial charge in [0.1, 0.15) is 11.5 Å². The Labute approximate surface area is 155 Å². The second-order valence-electron chi connectivity index (χ2n) is 6.69. The monoisotopic (exact) mass is 397 g/mol. The van der Waals surface area contributed by atoms with Gasteiger partial charge < -0.3 is 5.32 Å². The molecule has 11 heteroatoms. The van der Waals surface area contributed by atoms with E-state index in [4.69, 9.17) is 0 Å². The van der Waals surface area contributed by atoms with Gasteiger partial charge in [-0.05, 0) is 6.42 Å². The molecule has 0 aliphatic carbocycles. The van der Waals surface area contributed by atoms with Gasteiger partial charge in [-0.25, -0.2) is 13.4 Å². The summed E-state index contributed by atoms with van der Waals surface area (Å²) in [6.07, 6.45) is 0.760. The van der Waals surface area contributed by atoms with Crippen LogP contribution in [0.4, 0.5) is 5.82 Å². The Bertz CT molecular complexity index is 921. The Balaban J connectivity index is 1.54. The van der Waals surface area contributed by atoms with Crippen LogP contribution in [0.25, 0.3) is 0 Å². The summed E-state index contributed by atoms with van der Waals surface area (Å²) in [7, 11) is -1.36. The molecule has 0 radical (unpaired) electrons. The van der Waals surface area contributed by atoms with E-state index in [0.717, 1.165) is 22.8 Å². The Morgan fingerprint density at radius 1 is 1.31 bits per heavy atom.